The number of aromatic nitrogens is 1. The predicted octanol–water partition coefficient (Wildman–Crippen LogP) is 2.44. The third kappa shape index (κ3) is 6.21. The van der Waals surface area contributed by atoms with Crippen molar-refractivity contribution < 1.29 is 23.9 Å². The van der Waals surface area contributed by atoms with Gasteiger partial charge < -0.3 is 26.1 Å². The molecule has 0 spiro atoms. The Morgan fingerprint density at radius 1 is 1.20 bits per heavy atom. The van der Waals surface area contributed by atoms with Crippen LogP contribution in [0.15, 0.2) is 24.3 Å². The van der Waals surface area contributed by atoms with E-state index in [1.165, 1.54) is 0 Å². The van der Waals surface area contributed by atoms with Crippen LogP contribution in [0, 0.1) is 17.8 Å². The Hall–Kier alpha value is -3.36. The topological polar surface area (TPSA) is 143 Å². The van der Waals surface area contributed by atoms with Gasteiger partial charge in [-0.05, 0) is 49.8 Å². The maximum Gasteiger partial charge on any atom is 0.240 e. The first kappa shape index (κ1) is 24.8. The van der Waals surface area contributed by atoms with Gasteiger partial charge in [0.15, 0.2) is 5.78 Å². The smallest absolute Gasteiger partial charge is 0.240 e. The summed E-state index contributed by atoms with van der Waals surface area (Å²) in [5.41, 5.74) is 6.76. The number of carbonyl (C=O) groups is 4. The van der Waals surface area contributed by atoms with Crippen LogP contribution in [0.4, 0.5) is 0 Å². The van der Waals surface area contributed by atoms with Crippen LogP contribution in [0.5, 0.6) is 5.75 Å². The molecule has 9 nitrogen and oxygen atoms in total. The minimum atomic E-state index is -0.945. The van der Waals surface area contributed by atoms with E-state index in [-0.39, 0.29) is 36.4 Å². The molecular formula is C26H34N4O5. The highest BCUT2D eigenvalue weighted by molar-refractivity contribution is 6.02. The van der Waals surface area contributed by atoms with E-state index in [1.807, 2.05) is 25.1 Å². The lowest BCUT2D eigenvalue weighted by Crippen LogP contribution is -2.48. The third-order valence-corrected chi connectivity index (χ3v) is 6.85. The van der Waals surface area contributed by atoms with E-state index < -0.39 is 17.9 Å². The van der Waals surface area contributed by atoms with Gasteiger partial charge in [0.1, 0.15) is 11.8 Å². The first-order chi connectivity index (χ1) is 16.9. The lowest BCUT2D eigenvalue weighted by atomic mass is 9.92. The highest BCUT2D eigenvalue weighted by Gasteiger charge is 2.35. The van der Waals surface area contributed by atoms with Crippen molar-refractivity contribution in [3.8, 4) is 5.75 Å². The fraction of sp³-hybridized carbons (Fsp3) is 0.538. The predicted molar refractivity (Wildman–Crippen MR) is 131 cm³/mol. The molecular weight excluding hydrogens is 448 g/mol. The monoisotopic (exact) mass is 482 g/mol. The first-order valence-corrected chi connectivity index (χ1v) is 12.5. The average Bonchev–Trinajstić information content (AvgIpc) is 3.38. The van der Waals surface area contributed by atoms with Gasteiger partial charge in [-0.2, -0.15) is 0 Å². The van der Waals surface area contributed by atoms with Crippen LogP contribution in [-0.2, 0) is 14.4 Å². The summed E-state index contributed by atoms with van der Waals surface area (Å²) >= 11 is 0. The number of Topliss-reactive ketones (excluding diaryl/α,β-unsaturated/α-hetero) is 1. The summed E-state index contributed by atoms with van der Waals surface area (Å²) in [5, 5.41) is 6.30. The second-order valence-electron chi connectivity index (χ2n) is 9.73. The fourth-order valence-corrected chi connectivity index (χ4v) is 4.68. The number of amides is 3. The third-order valence-electron chi connectivity index (χ3n) is 6.85. The molecule has 2 aromatic rings. The zero-order chi connectivity index (χ0) is 24.9. The molecule has 3 atom stereocenters. The normalized spacial score (nSPS) is 19.2. The Labute approximate surface area is 204 Å². The number of aromatic amines is 1. The number of hydrogen-bond donors (Lipinski definition) is 4. The van der Waals surface area contributed by atoms with Gasteiger partial charge in [-0.15, -0.1) is 0 Å². The SMILES string of the molecule is CCCOc1cccc2[nH]c(C(=O)C[C@@H](CC3CC3)C(=O)N[C@@H](C[C@@H]3CCNC3=O)C(N)=O)cc12. The number of nitrogens with one attached hydrogen (secondary N) is 3. The summed E-state index contributed by atoms with van der Waals surface area (Å²) in [7, 11) is 0. The summed E-state index contributed by atoms with van der Waals surface area (Å²) in [6.45, 7) is 3.17. The minimum absolute atomic E-state index is 0.0235. The van der Waals surface area contributed by atoms with Crippen LogP contribution in [0.1, 0.15) is 62.4 Å². The molecule has 1 aromatic carbocycles. The Morgan fingerprint density at radius 3 is 2.66 bits per heavy atom. The number of rotatable bonds is 13. The van der Waals surface area contributed by atoms with Crippen molar-refractivity contribution in [2.45, 2.75) is 57.9 Å². The van der Waals surface area contributed by atoms with Crippen molar-refractivity contribution in [3.63, 3.8) is 0 Å². The number of benzene rings is 1. The van der Waals surface area contributed by atoms with E-state index >= 15 is 0 Å². The van der Waals surface area contributed by atoms with Crippen LogP contribution in [0.3, 0.4) is 0 Å². The molecule has 3 amide bonds. The van der Waals surface area contributed by atoms with Crippen LogP contribution >= 0.6 is 0 Å². The molecule has 9 heteroatoms. The molecule has 2 fully saturated rings. The molecule has 35 heavy (non-hydrogen) atoms. The van der Waals surface area contributed by atoms with E-state index in [1.54, 1.807) is 6.07 Å². The summed E-state index contributed by atoms with van der Waals surface area (Å²) in [5.74, 6) is -1.15. The van der Waals surface area contributed by atoms with Crippen molar-refractivity contribution in [2.24, 2.45) is 23.5 Å². The summed E-state index contributed by atoms with van der Waals surface area (Å²) < 4.78 is 5.80. The average molecular weight is 483 g/mol. The lowest BCUT2D eigenvalue weighted by molar-refractivity contribution is -0.131. The van der Waals surface area contributed by atoms with Gasteiger partial charge >= 0.3 is 0 Å². The maximum absolute atomic E-state index is 13.2. The molecule has 2 aliphatic rings. The lowest BCUT2D eigenvalue weighted by Gasteiger charge is -2.22. The number of H-pyrrole nitrogens is 1. The minimum Gasteiger partial charge on any atom is -0.493 e. The molecule has 2 heterocycles. The Kier molecular flexibility index (Phi) is 7.73. The molecule has 4 rings (SSSR count). The van der Waals surface area contributed by atoms with Gasteiger partial charge in [0.25, 0.3) is 0 Å². The van der Waals surface area contributed by atoms with Gasteiger partial charge in [-0.1, -0.05) is 25.8 Å². The van der Waals surface area contributed by atoms with Crippen LogP contribution in [0.2, 0.25) is 0 Å². The van der Waals surface area contributed by atoms with Crippen molar-refractivity contribution in [3.05, 3.63) is 30.0 Å². The second-order valence-corrected chi connectivity index (χ2v) is 9.73. The molecule has 0 radical (unpaired) electrons. The zero-order valence-electron chi connectivity index (χ0n) is 20.1. The number of carbonyl (C=O) groups excluding carboxylic acids is 4. The first-order valence-electron chi connectivity index (χ1n) is 12.5. The van der Waals surface area contributed by atoms with Crippen LogP contribution < -0.4 is 21.1 Å². The summed E-state index contributed by atoms with van der Waals surface area (Å²) in [6.07, 6.45) is 4.32. The number of ether oxygens (including phenoxy) is 1. The summed E-state index contributed by atoms with van der Waals surface area (Å²) in [6, 6.07) is 6.46. The van der Waals surface area contributed by atoms with Crippen LogP contribution in [0.25, 0.3) is 10.9 Å². The quantitative estimate of drug-likeness (QED) is 0.324. The van der Waals surface area contributed by atoms with Gasteiger partial charge in [0, 0.05) is 35.7 Å². The highest BCUT2D eigenvalue weighted by Crippen LogP contribution is 2.37. The molecule has 0 unspecified atom stereocenters. The Bertz CT molecular complexity index is 1110. The number of ketones is 1. The summed E-state index contributed by atoms with van der Waals surface area (Å²) in [4.78, 5) is 53.5. The fourth-order valence-electron chi connectivity index (χ4n) is 4.68. The van der Waals surface area contributed by atoms with Gasteiger partial charge in [-0.25, -0.2) is 0 Å². The number of hydrogen-bond acceptors (Lipinski definition) is 5. The number of nitrogens with two attached hydrogens (primary N) is 1. The van der Waals surface area contributed by atoms with E-state index in [4.69, 9.17) is 10.5 Å². The molecule has 188 valence electrons. The molecule has 1 saturated heterocycles. The van der Waals surface area contributed by atoms with E-state index in [9.17, 15) is 19.2 Å². The van der Waals surface area contributed by atoms with E-state index in [0.717, 1.165) is 30.2 Å². The number of primary amides is 1. The molecule has 1 aromatic heterocycles. The van der Waals surface area contributed by atoms with Gasteiger partial charge in [0.2, 0.25) is 17.7 Å². The maximum atomic E-state index is 13.2. The van der Waals surface area contributed by atoms with Crippen LogP contribution in [-0.4, -0.2) is 47.7 Å². The Morgan fingerprint density at radius 2 is 2.00 bits per heavy atom. The van der Waals surface area contributed by atoms with Gasteiger partial charge in [0.05, 0.1) is 12.3 Å². The molecule has 1 aliphatic heterocycles. The molecule has 0 bridgehead atoms. The van der Waals surface area contributed by atoms with Gasteiger partial charge in [-0.3, -0.25) is 19.2 Å². The Balaban J connectivity index is 1.46. The van der Waals surface area contributed by atoms with Crippen molar-refractivity contribution in [1.82, 2.24) is 15.6 Å². The van der Waals surface area contributed by atoms with Crippen molar-refractivity contribution in [1.29, 1.82) is 0 Å². The second kappa shape index (κ2) is 10.9. The standard InChI is InChI=1S/C26H34N4O5/c1-2-10-35-23-5-3-4-19-18(23)14-20(29-19)22(31)13-17(11-15-6-7-15)26(34)30-21(24(27)32)12-16-8-9-28-25(16)33/h3-5,14-17,21,29H,2,6-13H2,1H3,(H2,27,32)(H,28,33)(H,30,34)/t16-,17+,21-/m0/s1. The van der Waals surface area contributed by atoms with Crippen molar-refractivity contribution >= 4 is 34.4 Å². The van der Waals surface area contributed by atoms with E-state index in [0.29, 0.717) is 43.4 Å². The zero-order valence-corrected chi connectivity index (χ0v) is 20.1. The van der Waals surface area contributed by atoms with Crippen molar-refractivity contribution in [2.75, 3.05) is 13.2 Å². The highest BCUT2D eigenvalue weighted by atomic mass is 16.5. The molecule has 1 aliphatic carbocycles. The largest absolute Gasteiger partial charge is 0.493 e. The number of fused-ring (bicyclic) bond motifs is 1. The molecule has 5 N–H and O–H groups in total. The van der Waals surface area contributed by atoms with E-state index in [2.05, 4.69) is 15.6 Å². The molecule has 1 saturated carbocycles.